The first-order chi connectivity index (χ1) is 12.4. The molecule has 7 heteroatoms. The van der Waals surface area contributed by atoms with E-state index in [1.807, 2.05) is 13.8 Å². The van der Waals surface area contributed by atoms with Crippen LogP contribution in [0.25, 0.3) is 21.3 Å². The molecule has 0 radical (unpaired) electrons. The van der Waals surface area contributed by atoms with Gasteiger partial charge in [-0.25, -0.2) is 14.2 Å². The summed E-state index contributed by atoms with van der Waals surface area (Å²) in [5, 5.41) is 0.441. The van der Waals surface area contributed by atoms with Crippen LogP contribution in [0.3, 0.4) is 0 Å². The molecule has 0 aliphatic carbocycles. The Balaban J connectivity index is 2.14. The quantitative estimate of drug-likeness (QED) is 0.631. The molecule has 2 aromatic heterocycles. The smallest absolute Gasteiger partial charge is 0.328 e. The Morgan fingerprint density at radius 2 is 2.04 bits per heavy atom. The molecular formula is C19H19FN2O3S. The van der Waals surface area contributed by atoms with Crippen LogP contribution in [0.2, 0.25) is 0 Å². The second-order valence-corrected chi connectivity index (χ2v) is 7.22. The number of aromatic nitrogens is 2. The van der Waals surface area contributed by atoms with Gasteiger partial charge in [0.2, 0.25) is 0 Å². The van der Waals surface area contributed by atoms with Gasteiger partial charge in [0, 0.05) is 10.4 Å². The van der Waals surface area contributed by atoms with Crippen molar-refractivity contribution < 1.29 is 13.9 Å². The molecule has 0 aliphatic rings. The molecule has 0 saturated carbocycles. The fourth-order valence-electron chi connectivity index (χ4n) is 2.79. The number of fused-ring (bicyclic) bond motifs is 1. The number of carbonyl (C=O) groups is 1. The molecular weight excluding hydrogens is 355 g/mol. The maximum absolute atomic E-state index is 13.3. The van der Waals surface area contributed by atoms with Gasteiger partial charge >= 0.3 is 5.97 Å². The van der Waals surface area contributed by atoms with E-state index in [4.69, 9.17) is 4.74 Å². The maximum atomic E-state index is 13.3. The molecule has 0 amide bonds. The number of benzene rings is 1. The number of thiophene rings is 1. The van der Waals surface area contributed by atoms with E-state index in [0.717, 1.165) is 16.0 Å². The highest BCUT2D eigenvalue weighted by Crippen LogP contribution is 2.35. The molecule has 0 spiro atoms. The first-order valence-electron chi connectivity index (χ1n) is 8.36. The molecule has 0 N–H and O–H groups in total. The highest BCUT2D eigenvalue weighted by molar-refractivity contribution is 7.19. The van der Waals surface area contributed by atoms with E-state index < -0.39 is 12.0 Å². The third kappa shape index (κ3) is 3.26. The average molecular weight is 374 g/mol. The molecule has 0 bridgehead atoms. The number of rotatable bonds is 5. The topological polar surface area (TPSA) is 61.2 Å². The summed E-state index contributed by atoms with van der Waals surface area (Å²) in [6.07, 6.45) is 2.09. The van der Waals surface area contributed by atoms with Gasteiger partial charge in [-0.3, -0.25) is 9.36 Å². The average Bonchev–Trinajstić information content (AvgIpc) is 2.97. The number of nitrogens with zero attached hydrogens (tertiary/aromatic N) is 2. The van der Waals surface area contributed by atoms with Crippen LogP contribution in [0.15, 0.2) is 35.4 Å². The van der Waals surface area contributed by atoms with Crippen LogP contribution in [0.5, 0.6) is 0 Å². The van der Waals surface area contributed by atoms with Crippen LogP contribution in [0, 0.1) is 12.7 Å². The number of ether oxygens (including phenoxy) is 1. The molecule has 0 saturated heterocycles. The van der Waals surface area contributed by atoms with E-state index in [2.05, 4.69) is 4.98 Å². The zero-order chi connectivity index (χ0) is 18.8. The van der Waals surface area contributed by atoms with Crippen molar-refractivity contribution in [2.45, 2.75) is 33.2 Å². The van der Waals surface area contributed by atoms with Crippen molar-refractivity contribution in [3.63, 3.8) is 0 Å². The molecule has 1 aromatic carbocycles. The molecule has 2 heterocycles. The lowest BCUT2D eigenvalue weighted by molar-refractivity contribution is -0.147. The normalized spacial score (nSPS) is 12.3. The lowest BCUT2D eigenvalue weighted by atomic mass is 10.0. The molecule has 3 rings (SSSR count). The lowest BCUT2D eigenvalue weighted by Crippen LogP contribution is -2.29. The van der Waals surface area contributed by atoms with Crippen LogP contribution < -0.4 is 5.56 Å². The zero-order valence-electron chi connectivity index (χ0n) is 14.8. The minimum atomic E-state index is -0.771. The van der Waals surface area contributed by atoms with Crippen molar-refractivity contribution >= 4 is 27.5 Å². The Morgan fingerprint density at radius 3 is 2.69 bits per heavy atom. The molecule has 3 aromatic rings. The van der Waals surface area contributed by atoms with E-state index >= 15 is 0 Å². The van der Waals surface area contributed by atoms with Crippen LogP contribution in [-0.4, -0.2) is 22.1 Å². The van der Waals surface area contributed by atoms with Crippen molar-refractivity contribution in [1.82, 2.24) is 9.55 Å². The molecule has 1 atom stereocenters. The predicted molar refractivity (Wildman–Crippen MR) is 100.0 cm³/mol. The summed E-state index contributed by atoms with van der Waals surface area (Å²) in [7, 11) is 0. The van der Waals surface area contributed by atoms with Gasteiger partial charge < -0.3 is 4.74 Å². The van der Waals surface area contributed by atoms with Crippen molar-refractivity contribution in [3.8, 4) is 11.1 Å². The minimum Gasteiger partial charge on any atom is -0.464 e. The Kier molecular flexibility index (Phi) is 5.18. The number of hydrogen-bond acceptors (Lipinski definition) is 5. The summed E-state index contributed by atoms with van der Waals surface area (Å²) in [4.78, 5) is 31.1. The summed E-state index contributed by atoms with van der Waals surface area (Å²) in [5.41, 5.74) is 1.17. The highest BCUT2D eigenvalue weighted by atomic mass is 32.1. The van der Waals surface area contributed by atoms with Crippen molar-refractivity contribution in [2.24, 2.45) is 0 Å². The van der Waals surface area contributed by atoms with Gasteiger partial charge in [0.15, 0.2) is 0 Å². The van der Waals surface area contributed by atoms with Crippen LogP contribution >= 0.6 is 11.3 Å². The van der Waals surface area contributed by atoms with E-state index in [0.29, 0.717) is 23.2 Å². The second kappa shape index (κ2) is 7.37. The fourth-order valence-corrected chi connectivity index (χ4v) is 3.80. The summed E-state index contributed by atoms with van der Waals surface area (Å²) >= 11 is 1.40. The maximum Gasteiger partial charge on any atom is 0.328 e. The van der Waals surface area contributed by atoms with Crippen LogP contribution in [0.4, 0.5) is 4.39 Å². The molecule has 5 nitrogen and oxygen atoms in total. The summed E-state index contributed by atoms with van der Waals surface area (Å²) in [6.45, 7) is 5.73. The van der Waals surface area contributed by atoms with Crippen molar-refractivity contribution in [1.29, 1.82) is 0 Å². The van der Waals surface area contributed by atoms with Gasteiger partial charge in [-0.1, -0.05) is 19.1 Å². The minimum absolute atomic E-state index is 0.306. The summed E-state index contributed by atoms with van der Waals surface area (Å²) in [5.74, 6) is -0.806. The second-order valence-electron chi connectivity index (χ2n) is 6.02. The molecule has 0 unspecified atom stereocenters. The van der Waals surface area contributed by atoms with Crippen molar-refractivity contribution in [2.75, 3.05) is 6.61 Å². The monoisotopic (exact) mass is 374 g/mol. The van der Waals surface area contributed by atoms with Crippen LogP contribution in [-0.2, 0) is 9.53 Å². The van der Waals surface area contributed by atoms with Gasteiger partial charge in [-0.15, -0.1) is 11.3 Å². The standard InChI is InChI=1S/C19H19FN2O3S/c1-4-9-25-19(24)11(2)22-10-21-17-16(18(22)23)15(12(3)26-17)13-5-7-14(20)8-6-13/h5-8,10-11H,4,9H2,1-3H3/t11-/m0/s1. The Labute approximate surface area is 154 Å². The number of hydrogen-bond donors (Lipinski definition) is 0. The Bertz CT molecular complexity index is 1010. The summed E-state index contributed by atoms with van der Waals surface area (Å²) < 4.78 is 19.7. The van der Waals surface area contributed by atoms with E-state index in [-0.39, 0.29) is 11.4 Å². The Morgan fingerprint density at radius 1 is 1.35 bits per heavy atom. The molecule has 0 fully saturated rings. The SMILES string of the molecule is CCCOC(=O)[C@H](C)n1cnc2sc(C)c(-c3ccc(F)cc3)c2c1=O. The third-order valence-corrected chi connectivity index (χ3v) is 5.17. The van der Waals surface area contributed by atoms with E-state index in [1.165, 1.54) is 34.4 Å². The van der Waals surface area contributed by atoms with Gasteiger partial charge in [-0.2, -0.15) is 0 Å². The van der Waals surface area contributed by atoms with E-state index in [9.17, 15) is 14.0 Å². The third-order valence-electron chi connectivity index (χ3n) is 4.15. The zero-order valence-corrected chi connectivity index (χ0v) is 15.6. The van der Waals surface area contributed by atoms with Gasteiger partial charge in [0.05, 0.1) is 18.3 Å². The Hall–Kier alpha value is -2.54. The number of esters is 1. The number of halogens is 1. The van der Waals surface area contributed by atoms with Gasteiger partial charge in [0.25, 0.3) is 5.56 Å². The largest absolute Gasteiger partial charge is 0.464 e. The molecule has 136 valence electrons. The summed E-state index contributed by atoms with van der Waals surface area (Å²) in [6, 6.07) is 5.22. The first-order valence-corrected chi connectivity index (χ1v) is 9.18. The number of aryl methyl sites for hydroxylation is 1. The van der Waals surface area contributed by atoms with E-state index in [1.54, 1.807) is 19.1 Å². The van der Waals surface area contributed by atoms with Crippen molar-refractivity contribution in [3.05, 3.63) is 51.6 Å². The highest BCUT2D eigenvalue weighted by Gasteiger charge is 2.22. The van der Waals surface area contributed by atoms with Gasteiger partial charge in [-0.05, 0) is 38.0 Å². The molecule has 0 aliphatic heterocycles. The van der Waals surface area contributed by atoms with Gasteiger partial charge in [0.1, 0.15) is 16.7 Å². The molecule has 26 heavy (non-hydrogen) atoms. The van der Waals surface area contributed by atoms with Crippen LogP contribution in [0.1, 0.15) is 31.2 Å². The number of carbonyl (C=O) groups excluding carboxylic acids is 1. The predicted octanol–water partition coefficient (Wildman–Crippen LogP) is 4.09. The lowest BCUT2D eigenvalue weighted by Gasteiger charge is -2.14. The first kappa shape index (κ1) is 18.3. The fraction of sp³-hybridized carbons (Fsp3) is 0.316.